The van der Waals surface area contributed by atoms with Crippen LogP contribution in [0.3, 0.4) is 0 Å². The first-order valence-corrected chi connectivity index (χ1v) is 3.30. The van der Waals surface area contributed by atoms with Crippen LogP contribution in [0.4, 0.5) is 0 Å². The van der Waals surface area contributed by atoms with Crippen LogP contribution in [0.1, 0.15) is 25.7 Å². The Morgan fingerprint density at radius 3 is 1.00 bits per heavy atom. The predicted molar refractivity (Wildman–Crippen MR) is 36.7 cm³/mol. The van der Waals surface area contributed by atoms with Crippen LogP contribution in [-0.4, -0.2) is 0 Å². The minimum absolute atomic E-state index is 0. The molecule has 0 N–H and O–H groups in total. The van der Waals surface area contributed by atoms with E-state index in [-0.39, 0.29) is 29.5 Å². The van der Waals surface area contributed by atoms with E-state index in [1.165, 1.54) is 25.7 Å². The fraction of sp³-hybridized carbons (Fsp3) is 0.500. The summed E-state index contributed by atoms with van der Waals surface area (Å²) < 4.78 is 0. The van der Waals surface area contributed by atoms with Gasteiger partial charge in [0.15, 0.2) is 0 Å². The van der Waals surface area contributed by atoms with Crippen molar-refractivity contribution < 1.29 is 29.5 Å². The number of rotatable bonds is 0. The number of hydrogen-bond acceptors (Lipinski definition) is 0. The van der Waals surface area contributed by atoms with Crippen LogP contribution in [0.2, 0.25) is 0 Å². The van der Waals surface area contributed by atoms with E-state index >= 15 is 0 Å². The smallest absolute Gasteiger partial charge is 1.00 e. The quantitative estimate of drug-likeness (QED) is 0.377. The molecule has 0 radical (unpaired) electrons. The molecule has 0 saturated heterocycles. The fourth-order valence-electron chi connectivity index (χ4n) is 0.856. The van der Waals surface area contributed by atoms with E-state index in [4.69, 9.17) is 0 Å². The van der Waals surface area contributed by atoms with Gasteiger partial charge in [-0.1, -0.05) is 24.3 Å². The maximum Gasteiger partial charge on any atom is 1.00 e. The third kappa shape index (κ3) is 6.41. The summed E-state index contributed by atoms with van der Waals surface area (Å²) in [5.41, 5.74) is 0. The summed E-state index contributed by atoms with van der Waals surface area (Å²) in [6.07, 6.45) is 14.0. The van der Waals surface area contributed by atoms with Gasteiger partial charge >= 0.3 is 17.1 Å². The van der Waals surface area contributed by atoms with Crippen molar-refractivity contribution in [1.82, 2.24) is 0 Å². The van der Waals surface area contributed by atoms with Gasteiger partial charge in [-0.2, -0.15) is 0 Å². The Morgan fingerprint density at radius 2 is 0.800 bits per heavy atom. The van der Waals surface area contributed by atoms with E-state index in [0.717, 1.165) is 0 Å². The second-order valence-electron chi connectivity index (χ2n) is 2.10. The minimum Gasteiger partial charge on any atom is -1.00 e. The van der Waals surface area contributed by atoms with Crippen molar-refractivity contribution in [2.24, 2.45) is 0 Å². The van der Waals surface area contributed by atoms with Crippen LogP contribution in [0.15, 0.2) is 24.3 Å². The Labute approximate surface area is 79.7 Å². The molecule has 0 spiro atoms. The fourth-order valence-corrected chi connectivity index (χ4v) is 0.856. The summed E-state index contributed by atoms with van der Waals surface area (Å²) in [6, 6.07) is 0. The molecule has 0 bridgehead atoms. The second kappa shape index (κ2) is 9.29. The van der Waals surface area contributed by atoms with Crippen LogP contribution in [0, 0.1) is 0 Å². The average Bonchev–Trinajstić information content (AvgIpc) is 1.62. The zero-order valence-corrected chi connectivity index (χ0v) is 7.51. The molecule has 0 aromatic carbocycles. The molecule has 0 unspecified atom stereocenters. The Balaban J connectivity index is 0. The van der Waals surface area contributed by atoms with E-state index < -0.39 is 0 Å². The molecule has 0 aliphatic heterocycles. The van der Waals surface area contributed by atoms with Crippen LogP contribution in [0.25, 0.3) is 0 Å². The summed E-state index contributed by atoms with van der Waals surface area (Å²) in [4.78, 5) is 0. The van der Waals surface area contributed by atoms with Crippen molar-refractivity contribution in [1.29, 1.82) is 0 Å². The van der Waals surface area contributed by atoms with Crippen molar-refractivity contribution in [3.05, 3.63) is 24.3 Å². The first-order chi connectivity index (χ1) is 4.00. The van der Waals surface area contributed by atoms with Gasteiger partial charge in [0, 0.05) is 0 Å². The standard InChI is InChI=1S/C8H12.ClH.Cu/c1-2-4-6-8-7-5-3-1;;/h1-2,7-8H,3-6H2;1H;/q;;+1/p-1/b2-1-,8-7?;;. The Kier molecular flexibility index (Phi) is 12.0. The van der Waals surface area contributed by atoms with Crippen molar-refractivity contribution in [3.63, 3.8) is 0 Å². The molecular formula is C8H12ClCu. The van der Waals surface area contributed by atoms with Gasteiger partial charge in [-0.05, 0) is 25.7 Å². The van der Waals surface area contributed by atoms with Gasteiger partial charge < -0.3 is 12.4 Å². The molecule has 62 valence electrons. The number of halogens is 1. The number of allylic oxidation sites excluding steroid dienone is 4. The molecule has 1 rings (SSSR count). The molecule has 0 fully saturated rings. The molecular weight excluding hydrogens is 195 g/mol. The monoisotopic (exact) mass is 206 g/mol. The van der Waals surface area contributed by atoms with Crippen LogP contribution in [-0.2, 0) is 17.1 Å². The molecule has 0 aromatic rings. The van der Waals surface area contributed by atoms with E-state index in [2.05, 4.69) is 24.3 Å². The average molecular weight is 207 g/mol. The van der Waals surface area contributed by atoms with E-state index in [1.54, 1.807) is 0 Å². The molecule has 0 nitrogen and oxygen atoms in total. The van der Waals surface area contributed by atoms with Crippen molar-refractivity contribution in [2.75, 3.05) is 0 Å². The second-order valence-corrected chi connectivity index (χ2v) is 2.10. The zero-order valence-electron chi connectivity index (χ0n) is 5.82. The Morgan fingerprint density at radius 1 is 0.600 bits per heavy atom. The van der Waals surface area contributed by atoms with E-state index in [0.29, 0.717) is 0 Å². The largest absolute Gasteiger partial charge is 1.00 e. The molecule has 0 atom stereocenters. The zero-order chi connectivity index (χ0) is 5.66. The summed E-state index contributed by atoms with van der Waals surface area (Å²) in [5.74, 6) is 0. The number of hydrogen-bond donors (Lipinski definition) is 0. The van der Waals surface area contributed by atoms with Gasteiger partial charge in [0.25, 0.3) is 0 Å². The molecule has 0 amide bonds. The maximum absolute atomic E-state index is 2.27. The molecule has 0 aromatic heterocycles. The van der Waals surface area contributed by atoms with Gasteiger partial charge in [0.1, 0.15) is 0 Å². The topological polar surface area (TPSA) is 0 Å². The van der Waals surface area contributed by atoms with Crippen LogP contribution in [0.5, 0.6) is 0 Å². The summed E-state index contributed by atoms with van der Waals surface area (Å²) in [5, 5.41) is 0. The van der Waals surface area contributed by atoms with Gasteiger partial charge in [-0.25, -0.2) is 0 Å². The first kappa shape index (κ1) is 12.9. The van der Waals surface area contributed by atoms with Crippen LogP contribution >= 0.6 is 0 Å². The van der Waals surface area contributed by atoms with Crippen molar-refractivity contribution >= 4 is 0 Å². The SMILES string of the molecule is C1=CCC/C=C\CC1.[Cl-].[Cu+]. The normalized spacial score (nSPS) is 19.2. The molecule has 1 aliphatic rings. The Hall–Kier alpha value is 0.289. The third-order valence-electron chi connectivity index (χ3n) is 1.33. The molecule has 10 heavy (non-hydrogen) atoms. The predicted octanol–water partition coefficient (Wildman–Crippen LogP) is -0.326. The third-order valence-corrected chi connectivity index (χ3v) is 1.33. The molecule has 2 heteroatoms. The summed E-state index contributed by atoms with van der Waals surface area (Å²) in [7, 11) is 0. The summed E-state index contributed by atoms with van der Waals surface area (Å²) >= 11 is 0. The van der Waals surface area contributed by atoms with Crippen LogP contribution < -0.4 is 12.4 Å². The van der Waals surface area contributed by atoms with Crippen molar-refractivity contribution in [3.8, 4) is 0 Å². The molecule has 1 aliphatic carbocycles. The Bertz CT molecular complexity index is 81.8. The van der Waals surface area contributed by atoms with Gasteiger partial charge in [-0.3, -0.25) is 0 Å². The van der Waals surface area contributed by atoms with Crippen molar-refractivity contribution in [2.45, 2.75) is 25.7 Å². The van der Waals surface area contributed by atoms with Gasteiger partial charge in [0.05, 0.1) is 0 Å². The maximum atomic E-state index is 2.27. The van der Waals surface area contributed by atoms with E-state index in [1.807, 2.05) is 0 Å². The minimum atomic E-state index is 0. The summed E-state index contributed by atoms with van der Waals surface area (Å²) in [6.45, 7) is 0. The molecule has 0 saturated carbocycles. The van der Waals surface area contributed by atoms with E-state index in [9.17, 15) is 0 Å². The molecule has 0 heterocycles. The first-order valence-electron chi connectivity index (χ1n) is 3.30. The van der Waals surface area contributed by atoms with Gasteiger partial charge in [0.2, 0.25) is 0 Å². The van der Waals surface area contributed by atoms with Gasteiger partial charge in [-0.15, -0.1) is 0 Å².